The van der Waals surface area contributed by atoms with Gasteiger partial charge in [0.1, 0.15) is 30.2 Å². The summed E-state index contributed by atoms with van der Waals surface area (Å²) in [5.74, 6) is 0.243. The van der Waals surface area contributed by atoms with Crippen LogP contribution < -0.4 is 11.1 Å². The lowest BCUT2D eigenvalue weighted by atomic mass is 10.1. The highest BCUT2D eigenvalue weighted by Gasteiger charge is 2.44. The maximum Gasteiger partial charge on any atom is 0.167 e. The largest absolute Gasteiger partial charge is 0.387 e. The Balaban J connectivity index is 1.27. The molecule has 4 rings (SSSR count). The molecule has 33 heavy (non-hydrogen) atoms. The predicted octanol–water partition coefficient (Wildman–Crippen LogP) is 1.10. The summed E-state index contributed by atoms with van der Waals surface area (Å²) in [4.78, 5) is 14.3. The molecular weight excluding hydrogens is 469 g/mol. The highest BCUT2D eigenvalue weighted by Crippen LogP contribution is 2.32. The summed E-state index contributed by atoms with van der Waals surface area (Å²) in [6, 6.07) is 5.50. The number of likely N-dealkylation sites (N-methyl/N-ethyl adjacent to an activating group) is 1. The van der Waals surface area contributed by atoms with E-state index in [1.165, 1.54) is 12.7 Å². The molecule has 0 bridgehead atoms. The van der Waals surface area contributed by atoms with Crippen molar-refractivity contribution in [3.05, 3.63) is 46.5 Å². The molecule has 1 aliphatic rings. The average molecular weight is 496 g/mol. The molecule has 1 saturated heterocycles. The summed E-state index contributed by atoms with van der Waals surface area (Å²) in [6.45, 7) is 2.63. The number of nitrogens with zero attached hydrogens (tertiary/aromatic N) is 5. The minimum atomic E-state index is -1.13. The van der Waals surface area contributed by atoms with Crippen LogP contribution in [0.3, 0.4) is 0 Å². The molecule has 0 saturated carbocycles. The van der Waals surface area contributed by atoms with Gasteiger partial charge in [-0.1, -0.05) is 29.3 Å². The molecule has 178 valence electrons. The number of benzene rings is 1. The number of halogens is 2. The molecule has 0 unspecified atom stereocenters. The summed E-state index contributed by atoms with van der Waals surface area (Å²) >= 11 is 12.4. The number of hydrogen-bond acceptors (Lipinski definition) is 9. The number of aliphatic hydroxyl groups is 2. The molecule has 0 radical (unpaired) electrons. The van der Waals surface area contributed by atoms with E-state index in [-0.39, 0.29) is 5.82 Å². The lowest BCUT2D eigenvalue weighted by Gasteiger charge is -2.23. The lowest BCUT2D eigenvalue weighted by molar-refractivity contribution is -0.0420. The van der Waals surface area contributed by atoms with Gasteiger partial charge in [-0.25, -0.2) is 15.0 Å². The van der Waals surface area contributed by atoms with Gasteiger partial charge >= 0.3 is 0 Å². The summed E-state index contributed by atoms with van der Waals surface area (Å²) in [5.41, 5.74) is 7.63. The van der Waals surface area contributed by atoms with Crippen LogP contribution in [0.5, 0.6) is 0 Å². The second-order valence-electron chi connectivity index (χ2n) is 8.09. The van der Waals surface area contributed by atoms with E-state index >= 15 is 0 Å². The molecule has 1 fully saturated rings. The van der Waals surface area contributed by atoms with Gasteiger partial charge in [-0.05, 0) is 37.7 Å². The van der Waals surface area contributed by atoms with Crippen molar-refractivity contribution in [3.8, 4) is 0 Å². The Morgan fingerprint density at radius 2 is 1.91 bits per heavy atom. The standard InChI is InChI=1S/C21H27Cl2N7O3/c1-29(8-7-25-6-5-12-13(22)3-2-4-14(12)23)9-15-17(31)18(32)21(33-15)30-11-28-16-19(24)26-10-27-20(16)30/h2-4,10-11,15,17-18,21,25,31-32H,5-9H2,1H3,(H2,24,26,27)/t15-,17-,18-,21-/m1/s1. The SMILES string of the molecule is CN(CCNCCc1c(Cl)cccc1Cl)C[C@H]1O[C@@H](n2cnc3c(N)ncnc32)[C@H](O)[C@@H]1O. The van der Waals surface area contributed by atoms with Crippen molar-refractivity contribution in [2.45, 2.75) is 31.0 Å². The number of nitrogens with one attached hydrogen (secondary N) is 1. The van der Waals surface area contributed by atoms with Gasteiger partial charge in [0.2, 0.25) is 0 Å². The van der Waals surface area contributed by atoms with Gasteiger partial charge in [-0.3, -0.25) is 4.57 Å². The number of aliphatic hydroxyl groups excluding tert-OH is 2. The molecule has 10 nitrogen and oxygen atoms in total. The van der Waals surface area contributed by atoms with Crippen LogP contribution in [0.25, 0.3) is 11.2 Å². The Bertz CT molecular complexity index is 1080. The smallest absolute Gasteiger partial charge is 0.167 e. The van der Waals surface area contributed by atoms with Crippen molar-refractivity contribution in [2.75, 3.05) is 39.0 Å². The summed E-state index contributed by atoms with van der Waals surface area (Å²) in [7, 11) is 1.93. The van der Waals surface area contributed by atoms with E-state index in [0.717, 1.165) is 31.6 Å². The summed E-state index contributed by atoms with van der Waals surface area (Å²) in [6.07, 6.45) is -0.0407. The first kappa shape index (κ1) is 24.1. The molecule has 5 N–H and O–H groups in total. The van der Waals surface area contributed by atoms with Crippen LogP contribution in [-0.2, 0) is 11.2 Å². The van der Waals surface area contributed by atoms with Gasteiger partial charge in [0.25, 0.3) is 0 Å². The van der Waals surface area contributed by atoms with Gasteiger partial charge in [0.05, 0.1) is 6.33 Å². The Kier molecular flexibility index (Phi) is 7.65. The minimum absolute atomic E-state index is 0.243. The molecular formula is C21H27Cl2N7O3. The van der Waals surface area contributed by atoms with E-state index in [1.54, 1.807) is 4.57 Å². The molecule has 0 amide bonds. The topological polar surface area (TPSA) is 135 Å². The Morgan fingerprint density at radius 1 is 1.15 bits per heavy atom. The van der Waals surface area contributed by atoms with Gasteiger partial charge < -0.3 is 30.9 Å². The maximum absolute atomic E-state index is 10.6. The van der Waals surface area contributed by atoms with E-state index in [2.05, 4.69) is 20.3 Å². The lowest BCUT2D eigenvalue weighted by Crippen LogP contribution is -2.40. The van der Waals surface area contributed by atoms with Gasteiger partial charge in [0, 0.05) is 29.7 Å². The quantitative estimate of drug-likeness (QED) is 0.321. The average Bonchev–Trinajstić information content (AvgIpc) is 3.33. The van der Waals surface area contributed by atoms with Crippen molar-refractivity contribution >= 4 is 40.2 Å². The third-order valence-corrected chi connectivity index (χ3v) is 6.48. The fourth-order valence-electron chi connectivity index (χ4n) is 3.94. The van der Waals surface area contributed by atoms with Gasteiger partial charge in [-0.2, -0.15) is 0 Å². The van der Waals surface area contributed by atoms with E-state index in [0.29, 0.717) is 27.8 Å². The van der Waals surface area contributed by atoms with Crippen LogP contribution in [0, 0.1) is 0 Å². The van der Waals surface area contributed by atoms with Crippen LogP contribution in [0.1, 0.15) is 11.8 Å². The molecule has 12 heteroatoms. The number of fused-ring (bicyclic) bond motifs is 1. The number of imidazole rings is 1. The second-order valence-corrected chi connectivity index (χ2v) is 8.91. The Hall–Kier alpha value is -2.05. The van der Waals surface area contributed by atoms with E-state index < -0.39 is 24.5 Å². The first-order valence-corrected chi connectivity index (χ1v) is 11.4. The van der Waals surface area contributed by atoms with Crippen molar-refractivity contribution in [3.63, 3.8) is 0 Å². The maximum atomic E-state index is 10.6. The van der Waals surface area contributed by atoms with E-state index in [1.807, 2.05) is 30.1 Å². The molecule has 1 aliphatic heterocycles. The van der Waals surface area contributed by atoms with Crippen molar-refractivity contribution in [1.29, 1.82) is 0 Å². The third kappa shape index (κ3) is 5.22. The van der Waals surface area contributed by atoms with Crippen LogP contribution in [0.15, 0.2) is 30.9 Å². The van der Waals surface area contributed by atoms with Crippen molar-refractivity contribution in [1.82, 2.24) is 29.7 Å². The fourth-order valence-corrected chi connectivity index (χ4v) is 4.53. The number of nitrogen functional groups attached to an aromatic ring is 1. The van der Waals surface area contributed by atoms with Crippen LogP contribution in [0.2, 0.25) is 10.0 Å². The monoisotopic (exact) mass is 495 g/mol. The van der Waals surface area contributed by atoms with Crippen LogP contribution in [-0.4, -0.2) is 86.2 Å². The summed E-state index contributed by atoms with van der Waals surface area (Å²) in [5, 5.41) is 25.9. The first-order chi connectivity index (χ1) is 15.9. The molecule has 0 spiro atoms. The highest BCUT2D eigenvalue weighted by atomic mass is 35.5. The third-order valence-electron chi connectivity index (χ3n) is 5.77. The second kappa shape index (κ2) is 10.5. The van der Waals surface area contributed by atoms with Crippen molar-refractivity contribution in [2.24, 2.45) is 0 Å². The molecule has 2 aromatic heterocycles. The number of hydrogen-bond donors (Lipinski definition) is 4. The van der Waals surface area contributed by atoms with Gasteiger partial charge in [0.15, 0.2) is 17.7 Å². The summed E-state index contributed by atoms with van der Waals surface area (Å²) < 4.78 is 7.56. The van der Waals surface area contributed by atoms with Gasteiger partial charge in [-0.15, -0.1) is 0 Å². The molecule has 3 heterocycles. The first-order valence-electron chi connectivity index (χ1n) is 10.6. The number of nitrogens with two attached hydrogens (primary N) is 1. The number of aromatic nitrogens is 4. The number of rotatable bonds is 9. The zero-order chi connectivity index (χ0) is 23.5. The Morgan fingerprint density at radius 3 is 2.67 bits per heavy atom. The molecule has 1 aromatic carbocycles. The minimum Gasteiger partial charge on any atom is -0.387 e. The molecule has 3 aromatic rings. The zero-order valence-corrected chi connectivity index (χ0v) is 19.6. The number of ether oxygens (including phenoxy) is 1. The van der Waals surface area contributed by atoms with E-state index in [4.69, 9.17) is 33.7 Å². The molecule has 4 atom stereocenters. The predicted molar refractivity (Wildman–Crippen MR) is 126 cm³/mol. The normalized spacial score (nSPS) is 23.1. The Labute approximate surface area is 201 Å². The number of anilines is 1. The molecule has 0 aliphatic carbocycles. The van der Waals surface area contributed by atoms with Crippen molar-refractivity contribution < 1.29 is 14.9 Å². The van der Waals surface area contributed by atoms with Crippen LogP contribution in [0.4, 0.5) is 5.82 Å². The zero-order valence-electron chi connectivity index (χ0n) is 18.1. The fraction of sp³-hybridized carbons (Fsp3) is 0.476. The van der Waals surface area contributed by atoms with Crippen LogP contribution >= 0.6 is 23.2 Å². The highest BCUT2D eigenvalue weighted by molar-refractivity contribution is 6.35. The van der Waals surface area contributed by atoms with E-state index in [9.17, 15) is 10.2 Å².